The summed E-state index contributed by atoms with van der Waals surface area (Å²) in [5.74, 6) is 0.348. The third-order valence-corrected chi connectivity index (χ3v) is 2.63. The van der Waals surface area contributed by atoms with Crippen molar-refractivity contribution in [3.8, 4) is 0 Å². The molecule has 0 saturated carbocycles. The summed E-state index contributed by atoms with van der Waals surface area (Å²) in [6.07, 6.45) is 5.30. The van der Waals surface area contributed by atoms with Gasteiger partial charge in [0.1, 0.15) is 0 Å². The van der Waals surface area contributed by atoms with Crippen LogP contribution in [0.5, 0.6) is 0 Å². The lowest BCUT2D eigenvalue weighted by atomic mass is 10.1. The Kier molecular flexibility index (Phi) is 4.14. The molecule has 3 nitrogen and oxygen atoms in total. The number of hydrogen-bond acceptors (Lipinski definition) is 2. The molecule has 0 spiro atoms. The average molecular weight is 197 g/mol. The molecule has 0 radical (unpaired) electrons. The molecule has 2 N–H and O–H groups in total. The van der Waals surface area contributed by atoms with E-state index >= 15 is 0 Å². The van der Waals surface area contributed by atoms with Crippen LogP contribution in [-0.4, -0.2) is 23.7 Å². The van der Waals surface area contributed by atoms with Crippen LogP contribution in [0.3, 0.4) is 0 Å². The number of aliphatic hydroxyl groups excluding tert-OH is 1. The molecule has 80 valence electrons. The summed E-state index contributed by atoms with van der Waals surface area (Å²) in [5, 5.41) is 12.3. The number of rotatable bonds is 4. The van der Waals surface area contributed by atoms with Crippen molar-refractivity contribution in [3.63, 3.8) is 0 Å². The molecule has 1 aliphatic carbocycles. The number of aliphatic hydroxyl groups is 1. The van der Waals surface area contributed by atoms with Crippen molar-refractivity contribution in [2.24, 2.45) is 11.8 Å². The first kappa shape index (κ1) is 11.2. The maximum atomic E-state index is 11.5. The van der Waals surface area contributed by atoms with Crippen LogP contribution >= 0.6 is 0 Å². The zero-order chi connectivity index (χ0) is 10.6. The van der Waals surface area contributed by atoms with Gasteiger partial charge in [0, 0.05) is 12.5 Å². The zero-order valence-corrected chi connectivity index (χ0v) is 8.86. The Morgan fingerprint density at radius 1 is 1.50 bits per heavy atom. The van der Waals surface area contributed by atoms with E-state index in [0.717, 1.165) is 12.8 Å². The molecule has 3 heteroatoms. The van der Waals surface area contributed by atoms with Gasteiger partial charge < -0.3 is 10.4 Å². The molecule has 0 aromatic heterocycles. The standard InChI is InChI=1S/C11H19NO2/c1-8(2)10(13)7-12-11(14)9-5-3-4-6-9/h3-4,8-10,13H,5-7H2,1-2H3,(H,12,14). The third-order valence-electron chi connectivity index (χ3n) is 2.63. The van der Waals surface area contributed by atoms with Crippen molar-refractivity contribution in [2.75, 3.05) is 6.54 Å². The lowest BCUT2D eigenvalue weighted by molar-refractivity contribution is -0.125. The minimum absolute atomic E-state index is 0.0645. The van der Waals surface area contributed by atoms with E-state index in [1.165, 1.54) is 0 Å². The minimum Gasteiger partial charge on any atom is -0.391 e. The van der Waals surface area contributed by atoms with E-state index in [2.05, 4.69) is 5.32 Å². The smallest absolute Gasteiger partial charge is 0.223 e. The van der Waals surface area contributed by atoms with Gasteiger partial charge >= 0.3 is 0 Å². The molecular formula is C11H19NO2. The molecule has 0 aliphatic heterocycles. The first-order chi connectivity index (χ1) is 6.61. The summed E-state index contributed by atoms with van der Waals surface area (Å²) in [4.78, 5) is 11.5. The number of carbonyl (C=O) groups excluding carboxylic acids is 1. The van der Waals surface area contributed by atoms with Crippen LogP contribution in [0.1, 0.15) is 26.7 Å². The minimum atomic E-state index is -0.437. The second kappa shape index (κ2) is 5.15. The van der Waals surface area contributed by atoms with E-state index in [1.807, 2.05) is 26.0 Å². The fraction of sp³-hybridized carbons (Fsp3) is 0.727. The van der Waals surface area contributed by atoms with Crippen LogP contribution in [0.2, 0.25) is 0 Å². The predicted octanol–water partition coefficient (Wildman–Crippen LogP) is 1.09. The van der Waals surface area contributed by atoms with E-state index in [9.17, 15) is 9.90 Å². The van der Waals surface area contributed by atoms with Crippen molar-refractivity contribution in [2.45, 2.75) is 32.8 Å². The monoisotopic (exact) mass is 197 g/mol. The number of amides is 1. The molecule has 14 heavy (non-hydrogen) atoms. The van der Waals surface area contributed by atoms with Gasteiger partial charge in [0.25, 0.3) is 0 Å². The SMILES string of the molecule is CC(C)C(O)CNC(=O)C1CC=CC1. The molecule has 1 unspecified atom stereocenters. The second-order valence-corrected chi connectivity index (χ2v) is 4.20. The first-order valence-corrected chi connectivity index (χ1v) is 5.22. The Hall–Kier alpha value is -0.830. The van der Waals surface area contributed by atoms with Crippen molar-refractivity contribution in [3.05, 3.63) is 12.2 Å². The third kappa shape index (κ3) is 3.14. The van der Waals surface area contributed by atoms with Crippen molar-refractivity contribution in [1.29, 1.82) is 0 Å². The highest BCUT2D eigenvalue weighted by Crippen LogP contribution is 2.17. The predicted molar refractivity (Wildman–Crippen MR) is 55.7 cm³/mol. The van der Waals surface area contributed by atoms with Crippen molar-refractivity contribution < 1.29 is 9.90 Å². The quantitative estimate of drug-likeness (QED) is 0.663. The zero-order valence-electron chi connectivity index (χ0n) is 8.86. The van der Waals surface area contributed by atoms with Gasteiger partial charge in [-0.3, -0.25) is 4.79 Å². The van der Waals surface area contributed by atoms with Gasteiger partial charge in [-0.2, -0.15) is 0 Å². The molecule has 0 bridgehead atoms. The maximum absolute atomic E-state index is 11.5. The molecule has 1 rings (SSSR count). The van der Waals surface area contributed by atoms with Crippen LogP contribution in [0, 0.1) is 11.8 Å². The Morgan fingerprint density at radius 3 is 2.57 bits per heavy atom. The summed E-state index contributed by atoms with van der Waals surface area (Å²) in [7, 11) is 0. The van der Waals surface area contributed by atoms with Gasteiger partial charge in [-0.1, -0.05) is 26.0 Å². The Bertz CT molecular complexity index is 215. The molecule has 0 aromatic carbocycles. The Labute approximate surface area is 85.2 Å². The highest BCUT2D eigenvalue weighted by atomic mass is 16.3. The molecule has 0 aromatic rings. The number of allylic oxidation sites excluding steroid dienone is 2. The van der Waals surface area contributed by atoms with Gasteiger partial charge in [0.05, 0.1) is 6.10 Å². The topological polar surface area (TPSA) is 49.3 Å². The molecule has 1 atom stereocenters. The summed E-state index contributed by atoms with van der Waals surface area (Å²) in [6, 6.07) is 0. The van der Waals surface area contributed by atoms with Crippen LogP contribution in [0.15, 0.2) is 12.2 Å². The molecular weight excluding hydrogens is 178 g/mol. The van der Waals surface area contributed by atoms with Crippen molar-refractivity contribution >= 4 is 5.91 Å². The fourth-order valence-electron chi connectivity index (χ4n) is 1.42. The van der Waals surface area contributed by atoms with E-state index in [4.69, 9.17) is 0 Å². The number of hydrogen-bond donors (Lipinski definition) is 2. The second-order valence-electron chi connectivity index (χ2n) is 4.20. The Balaban J connectivity index is 2.21. The molecule has 0 fully saturated rings. The van der Waals surface area contributed by atoms with Gasteiger partial charge in [-0.25, -0.2) is 0 Å². The lowest BCUT2D eigenvalue weighted by Crippen LogP contribution is -2.37. The van der Waals surface area contributed by atoms with E-state index in [1.54, 1.807) is 0 Å². The number of carbonyl (C=O) groups is 1. The first-order valence-electron chi connectivity index (χ1n) is 5.22. The largest absolute Gasteiger partial charge is 0.391 e. The average Bonchev–Trinajstić information content (AvgIpc) is 2.66. The van der Waals surface area contributed by atoms with Gasteiger partial charge in [0.2, 0.25) is 5.91 Å². The lowest BCUT2D eigenvalue weighted by Gasteiger charge is -2.16. The van der Waals surface area contributed by atoms with Crippen LogP contribution < -0.4 is 5.32 Å². The molecule has 0 saturated heterocycles. The summed E-state index contributed by atoms with van der Waals surface area (Å²) < 4.78 is 0. The molecule has 1 amide bonds. The van der Waals surface area contributed by atoms with Crippen molar-refractivity contribution in [1.82, 2.24) is 5.32 Å². The normalized spacial score (nSPS) is 18.9. The van der Waals surface area contributed by atoms with E-state index in [-0.39, 0.29) is 17.7 Å². The summed E-state index contributed by atoms with van der Waals surface area (Å²) in [5.41, 5.74) is 0. The van der Waals surface area contributed by atoms with Crippen LogP contribution in [-0.2, 0) is 4.79 Å². The highest BCUT2D eigenvalue weighted by Gasteiger charge is 2.19. The molecule has 0 heterocycles. The molecule has 1 aliphatic rings. The van der Waals surface area contributed by atoms with E-state index < -0.39 is 6.10 Å². The highest BCUT2D eigenvalue weighted by molar-refractivity contribution is 5.79. The van der Waals surface area contributed by atoms with Gasteiger partial charge in [-0.05, 0) is 18.8 Å². The van der Waals surface area contributed by atoms with Crippen LogP contribution in [0.25, 0.3) is 0 Å². The Morgan fingerprint density at radius 2 is 2.07 bits per heavy atom. The van der Waals surface area contributed by atoms with Crippen LogP contribution in [0.4, 0.5) is 0 Å². The van der Waals surface area contributed by atoms with Gasteiger partial charge in [-0.15, -0.1) is 0 Å². The fourth-order valence-corrected chi connectivity index (χ4v) is 1.42. The van der Waals surface area contributed by atoms with E-state index in [0.29, 0.717) is 6.54 Å². The number of nitrogens with one attached hydrogen (secondary N) is 1. The maximum Gasteiger partial charge on any atom is 0.223 e. The summed E-state index contributed by atoms with van der Waals surface area (Å²) >= 11 is 0. The van der Waals surface area contributed by atoms with Gasteiger partial charge in [0.15, 0.2) is 0 Å². The summed E-state index contributed by atoms with van der Waals surface area (Å²) in [6.45, 7) is 4.24.